The number of hydrogen-bond donors (Lipinski definition) is 0. The van der Waals surface area contributed by atoms with Crippen LogP contribution >= 0.6 is 0 Å². The van der Waals surface area contributed by atoms with Crippen LogP contribution in [0.5, 0.6) is 5.75 Å². The lowest BCUT2D eigenvalue weighted by atomic mass is 10.1. The fraction of sp³-hybridized carbons (Fsp3) is 0.364. The van der Waals surface area contributed by atoms with E-state index in [1.165, 1.54) is 0 Å². The lowest BCUT2D eigenvalue weighted by molar-refractivity contribution is 0.228. The summed E-state index contributed by atoms with van der Waals surface area (Å²) in [4.78, 5) is 0. The third-order valence-corrected chi connectivity index (χ3v) is 4.17. The smallest absolute Gasteiger partial charge is 0.157 e. The van der Waals surface area contributed by atoms with E-state index >= 15 is 0 Å². The molecule has 0 aliphatic carbocycles. The SMILES string of the molecule is N#CCc1ccccc1OC1CS(=O)(=O)C1. The van der Waals surface area contributed by atoms with Gasteiger partial charge in [0.2, 0.25) is 0 Å². The van der Waals surface area contributed by atoms with Crippen LogP contribution in [0.15, 0.2) is 24.3 Å². The predicted molar refractivity (Wildman–Crippen MR) is 58.8 cm³/mol. The van der Waals surface area contributed by atoms with E-state index in [0.717, 1.165) is 5.56 Å². The van der Waals surface area contributed by atoms with Gasteiger partial charge in [-0.1, -0.05) is 18.2 Å². The summed E-state index contributed by atoms with van der Waals surface area (Å²) in [5, 5.41) is 8.63. The summed E-state index contributed by atoms with van der Waals surface area (Å²) in [5.74, 6) is 0.769. The highest BCUT2D eigenvalue weighted by molar-refractivity contribution is 7.92. The molecule has 1 aromatic rings. The van der Waals surface area contributed by atoms with E-state index < -0.39 is 9.84 Å². The van der Waals surface area contributed by atoms with Gasteiger partial charge < -0.3 is 4.74 Å². The van der Waals surface area contributed by atoms with Crippen LogP contribution in [0.2, 0.25) is 0 Å². The maximum absolute atomic E-state index is 11.0. The minimum atomic E-state index is -2.87. The zero-order valence-electron chi connectivity index (χ0n) is 8.59. The summed E-state index contributed by atoms with van der Waals surface area (Å²) < 4.78 is 27.5. The van der Waals surface area contributed by atoms with Crippen molar-refractivity contribution in [2.45, 2.75) is 12.5 Å². The number of nitrogens with zero attached hydrogens (tertiary/aromatic N) is 1. The van der Waals surface area contributed by atoms with E-state index in [2.05, 4.69) is 6.07 Å². The zero-order valence-corrected chi connectivity index (χ0v) is 9.40. The van der Waals surface area contributed by atoms with E-state index in [0.29, 0.717) is 5.75 Å². The molecule has 1 aliphatic rings. The van der Waals surface area contributed by atoms with E-state index in [-0.39, 0.29) is 24.0 Å². The molecule has 1 fully saturated rings. The van der Waals surface area contributed by atoms with Crippen molar-refractivity contribution in [3.63, 3.8) is 0 Å². The molecule has 2 rings (SSSR count). The van der Waals surface area contributed by atoms with Crippen molar-refractivity contribution in [2.75, 3.05) is 11.5 Å². The number of benzene rings is 1. The first-order valence-electron chi connectivity index (χ1n) is 4.93. The summed E-state index contributed by atoms with van der Waals surface area (Å²) >= 11 is 0. The number of para-hydroxylation sites is 1. The molecule has 1 aromatic carbocycles. The summed E-state index contributed by atoms with van der Waals surface area (Å²) in [5.41, 5.74) is 0.800. The molecule has 16 heavy (non-hydrogen) atoms. The van der Waals surface area contributed by atoms with Gasteiger partial charge in [-0.25, -0.2) is 8.42 Å². The highest BCUT2D eigenvalue weighted by Crippen LogP contribution is 2.23. The molecule has 0 aromatic heterocycles. The van der Waals surface area contributed by atoms with Gasteiger partial charge in [-0.2, -0.15) is 5.26 Å². The van der Waals surface area contributed by atoms with Crippen molar-refractivity contribution < 1.29 is 13.2 Å². The third kappa shape index (κ3) is 2.34. The van der Waals surface area contributed by atoms with Crippen LogP contribution in [0.3, 0.4) is 0 Å². The van der Waals surface area contributed by atoms with Crippen LogP contribution in [0, 0.1) is 11.3 Å². The van der Waals surface area contributed by atoms with Crippen molar-refractivity contribution in [3.8, 4) is 11.8 Å². The predicted octanol–water partition coefficient (Wildman–Crippen LogP) is 0.928. The van der Waals surface area contributed by atoms with Crippen LogP contribution < -0.4 is 4.74 Å². The summed E-state index contributed by atoms with van der Waals surface area (Å²) in [7, 11) is -2.87. The van der Waals surface area contributed by atoms with E-state index in [1.807, 2.05) is 18.2 Å². The lowest BCUT2D eigenvalue weighted by Gasteiger charge is -2.27. The fourth-order valence-electron chi connectivity index (χ4n) is 1.62. The second-order valence-corrected chi connectivity index (χ2v) is 5.91. The molecule has 0 atom stereocenters. The average Bonchev–Trinajstić information content (AvgIpc) is 2.18. The first-order chi connectivity index (χ1) is 7.61. The lowest BCUT2D eigenvalue weighted by Crippen LogP contribution is -2.45. The normalized spacial score (nSPS) is 18.4. The molecule has 5 heteroatoms. The summed E-state index contributed by atoms with van der Waals surface area (Å²) in [6, 6.07) is 9.26. The van der Waals surface area contributed by atoms with Crippen molar-refractivity contribution in [1.29, 1.82) is 5.26 Å². The molecule has 0 unspecified atom stereocenters. The maximum Gasteiger partial charge on any atom is 0.157 e. The topological polar surface area (TPSA) is 67.2 Å². The van der Waals surface area contributed by atoms with Crippen molar-refractivity contribution in [2.24, 2.45) is 0 Å². The second kappa shape index (κ2) is 4.14. The van der Waals surface area contributed by atoms with Gasteiger partial charge in [0.05, 0.1) is 24.0 Å². The largest absolute Gasteiger partial charge is 0.488 e. The number of sulfone groups is 1. The van der Waals surface area contributed by atoms with Gasteiger partial charge in [0.1, 0.15) is 11.9 Å². The Morgan fingerprint density at radius 2 is 2.06 bits per heavy atom. The van der Waals surface area contributed by atoms with Crippen LogP contribution in [0.25, 0.3) is 0 Å². The van der Waals surface area contributed by atoms with E-state index in [1.54, 1.807) is 6.07 Å². The minimum absolute atomic E-state index is 0.0773. The Hall–Kier alpha value is -1.54. The van der Waals surface area contributed by atoms with Crippen LogP contribution in [-0.4, -0.2) is 26.0 Å². The van der Waals surface area contributed by atoms with E-state index in [9.17, 15) is 8.42 Å². The van der Waals surface area contributed by atoms with Crippen molar-refractivity contribution in [3.05, 3.63) is 29.8 Å². The number of hydrogen-bond acceptors (Lipinski definition) is 4. The zero-order chi connectivity index (χ0) is 11.6. The average molecular weight is 237 g/mol. The number of nitriles is 1. The first kappa shape index (κ1) is 11.0. The molecule has 0 bridgehead atoms. The van der Waals surface area contributed by atoms with Gasteiger partial charge in [0.25, 0.3) is 0 Å². The standard InChI is InChI=1S/C11H11NO3S/c12-6-5-9-3-1-2-4-11(9)15-10-7-16(13,14)8-10/h1-4,10H,5,7-8H2. The quantitative estimate of drug-likeness (QED) is 0.784. The summed E-state index contributed by atoms with van der Waals surface area (Å²) in [6.45, 7) is 0. The maximum atomic E-state index is 11.0. The van der Waals surface area contributed by atoms with Gasteiger partial charge >= 0.3 is 0 Å². The fourth-order valence-corrected chi connectivity index (χ4v) is 2.79. The molecular formula is C11H11NO3S. The van der Waals surface area contributed by atoms with Crippen LogP contribution in [0.1, 0.15) is 5.56 Å². The Labute approximate surface area is 94.4 Å². The van der Waals surface area contributed by atoms with Crippen molar-refractivity contribution in [1.82, 2.24) is 0 Å². The first-order valence-corrected chi connectivity index (χ1v) is 6.75. The van der Waals surface area contributed by atoms with Gasteiger partial charge in [-0.3, -0.25) is 0 Å². The Balaban J connectivity index is 2.08. The molecule has 0 amide bonds. The van der Waals surface area contributed by atoms with Crippen LogP contribution in [-0.2, 0) is 16.3 Å². The molecule has 1 saturated heterocycles. The molecule has 0 spiro atoms. The van der Waals surface area contributed by atoms with Gasteiger partial charge in [0.15, 0.2) is 9.84 Å². The summed E-state index contributed by atoms with van der Waals surface area (Å²) in [6.07, 6.45) is 0.0141. The van der Waals surface area contributed by atoms with Crippen molar-refractivity contribution >= 4 is 9.84 Å². The number of ether oxygens (including phenoxy) is 1. The Bertz CT molecular complexity index is 518. The molecule has 0 saturated carbocycles. The molecule has 1 heterocycles. The Morgan fingerprint density at radius 3 is 2.69 bits per heavy atom. The monoisotopic (exact) mass is 237 g/mol. The molecular weight excluding hydrogens is 226 g/mol. The van der Waals surface area contributed by atoms with Crippen LogP contribution in [0.4, 0.5) is 0 Å². The molecule has 84 valence electrons. The highest BCUT2D eigenvalue weighted by atomic mass is 32.2. The third-order valence-electron chi connectivity index (χ3n) is 2.42. The van der Waals surface area contributed by atoms with E-state index in [4.69, 9.17) is 10.00 Å². The van der Waals surface area contributed by atoms with Gasteiger partial charge in [-0.05, 0) is 6.07 Å². The molecule has 1 aliphatic heterocycles. The Kier molecular flexibility index (Phi) is 2.84. The number of rotatable bonds is 3. The minimum Gasteiger partial charge on any atom is -0.488 e. The molecule has 4 nitrogen and oxygen atoms in total. The van der Waals surface area contributed by atoms with Gasteiger partial charge in [-0.15, -0.1) is 0 Å². The molecule has 0 radical (unpaired) electrons. The highest BCUT2D eigenvalue weighted by Gasteiger charge is 2.35. The molecule has 0 N–H and O–H groups in total. The second-order valence-electron chi connectivity index (χ2n) is 3.76. The Morgan fingerprint density at radius 1 is 1.38 bits per heavy atom. The van der Waals surface area contributed by atoms with Gasteiger partial charge in [0, 0.05) is 5.56 Å².